The van der Waals surface area contributed by atoms with Crippen LogP contribution in [0.25, 0.3) is 44.5 Å². The number of benzene rings is 7. The second kappa shape index (κ2) is 13.0. The summed E-state index contributed by atoms with van der Waals surface area (Å²) < 4.78 is 0. The molecule has 4 bridgehead atoms. The van der Waals surface area contributed by atoms with Crippen molar-refractivity contribution in [2.75, 3.05) is 4.90 Å². The zero-order chi connectivity index (χ0) is 37.4. The first-order valence-electron chi connectivity index (χ1n) is 20.9. The molecule has 0 heterocycles. The summed E-state index contributed by atoms with van der Waals surface area (Å²) in [7, 11) is 0. The van der Waals surface area contributed by atoms with Crippen LogP contribution in [0.1, 0.15) is 69.1 Å². The van der Waals surface area contributed by atoms with Crippen LogP contribution in [-0.2, 0) is 10.8 Å². The summed E-state index contributed by atoms with van der Waals surface area (Å²) in [5.41, 5.74) is 18.3. The molecule has 0 spiro atoms. The highest BCUT2D eigenvalue weighted by Gasteiger charge is 2.51. The van der Waals surface area contributed by atoms with Gasteiger partial charge in [-0.3, -0.25) is 0 Å². The van der Waals surface area contributed by atoms with E-state index in [2.05, 4.69) is 189 Å². The molecule has 5 aliphatic rings. The van der Waals surface area contributed by atoms with Gasteiger partial charge in [-0.05, 0) is 142 Å². The van der Waals surface area contributed by atoms with Gasteiger partial charge in [0.1, 0.15) is 0 Å². The van der Waals surface area contributed by atoms with Crippen LogP contribution in [-0.4, -0.2) is 0 Å². The zero-order valence-electron chi connectivity index (χ0n) is 32.6. The van der Waals surface area contributed by atoms with Crippen LogP contribution in [0.3, 0.4) is 0 Å². The molecule has 0 amide bonds. The Morgan fingerprint density at radius 2 is 0.964 bits per heavy atom. The Labute approximate surface area is 332 Å². The minimum absolute atomic E-state index is 0.0980. The first-order chi connectivity index (χ1) is 27.4. The predicted octanol–water partition coefficient (Wildman–Crippen LogP) is 14.9. The lowest BCUT2D eigenvalue weighted by molar-refractivity contribution is -0.00518. The van der Waals surface area contributed by atoms with Gasteiger partial charge in [0, 0.05) is 22.2 Å². The van der Waals surface area contributed by atoms with Gasteiger partial charge in [0.05, 0.1) is 11.4 Å². The molecule has 7 aromatic rings. The third-order valence-electron chi connectivity index (χ3n) is 14.3. The fourth-order valence-corrected chi connectivity index (χ4v) is 12.0. The Bertz CT molecular complexity index is 2530. The molecule has 7 aromatic carbocycles. The number of hydrogen-bond acceptors (Lipinski definition) is 1. The predicted molar refractivity (Wildman–Crippen MR) is 235 cm³/mol. The van der Waals surface area contributed by atoms with E-state index in [0.717, 1.165) is 23.4 Å². The molecule has 0 N–H and O–H groups in total. The Morgan fingerprint density at radius 3 is 1.62 bits per heavy atom. The smallest absolute Gasteiger partial charge is 0.0543 e. The molecule has 4 saturated carbocycles. The van der Waals surface area contributed by atoms with Crippen molar-refractivity contribution in [2.24, 2.45) is 17.8 Å². The summed E-state index contributed by atoms with van der Waals surface area (Å²) in [6.45, 7) is 4.75. The van der Waals surface area contributed by atoms with Gasteiger partial charge in [0.2, 0.25) is 0 Å². The minimum atomic E-state index is -0.0980. The number of anilines is 3. The van der Waals surface area contributed by atoms with Crippen molar-refractivity contribution in [1.29, 1.82) is 0 Å². The molecule has 0 radical (unpaired) electrons. The summed E-state index contributed by atoms with van der Waals surface area (Å²) >= 11 is 0. The molecule has 12 rings (SSSR count). The van der Waals surface area contributed by atoms with Crippen LogP contribution in [0.15, 0.2) is 170 Å². The molecule has 56 heavy (non-hydrogen) atoms. The van der Waals surface area contributed by atoms with Gasteiger partial charge in [-0.2, -0.15) is 0 Å². The number of nitrogens with zero attached hydrogens (tertiary/aromatic N) is 1. The third-order valence-corrected chi connectivity index (χ3v) is 14.3. The molecule has 0 atom stereocenters. The van der Waals surface area contributed by atoms with Gasteiger partial charge in [-0.15, -0.1) is 0 Å². The average Bonchev–Trinajstić information content (AvgIpc) is 3.48. The second-order valence-corrected chi connectivity index (χ2v) is 18.0. The van der Waals surface area contributed by atoms with E-state index in [1.807, 2.05) is 0 Å². The van der Waals surface area contributed by atoms with Gasteiger partial charge in [-0.1, -0.05) is 153 Å². The Balaban J connectivity index is 1.04. The van der Waals surface area contributed by atoms with Crippen LogP contribution in [0.4, 0.5) is 17.1 Å². The zero-order valence-corrected chi connectivity index (χ0v) is 32.6. The highest BCUT2D eigenvalue weighted by Crippen LogP contribution is 2.61. The largest absolute Gasteiger partial charge is 0.309 e. The molecule has 1 heteroatoms. The van der Waals surface area contributed by atoms with Crippen molar-refractivity contribution in [3.05, 3.63) is 187 Å². The number of hydrogen-bond donors (Lipinski definition) is 0. The van der Waals surface area contributed by atoms with E-state index in [0.29, 0.717) is 5.41 Å². The van der Waals surface area contributed by atoms with Crippen LogP contribution in [0.2, 0.25) is 0 Å². The van der Waals surface area contributed by atoms with E-state index in [9.17, 15) is 0 Å². The SMILES string of the molecule is CC1(C)c2ccccc2-c2c(N(c3ccc(-c4ccc(C56CC7CC(CC(C7)C5)C6)cc4)cc3)c3ccc(-c4ccccc4)cc3-c3ccccc3)cccc21. The Kier molecular flexibility index (Phi) is 7.79. The van der Waals surface area contributed by atoms with Crippen molar-refractivity contribution < 1.29 is 0 Å². The third kappa shape index (κ3) is 5.42. The maximum Gasteiger partial charge on any atom is 0.0543 e. The number of rotatable bonds is 7. The lowest BCUT2D eigenvalue weighted by atomic mass is 9.48. The Hall–Kier alpha value is -5.66. The molecule has 0 saturated heterocycles. The van der Waals surface area contributed by atoms with E-state index >= 15 is 0 Å². The van der Waals surface area contributed by atoms with E-state index in [4.69, 9.17) is 0 Å². The second-order valence-electron chi connectivity index (χ2n) is 18.0. The topological polar surface area (TPSA) is 3.24 Å². The fraction of sp³-hybridized carbons (Fsp3) is 0.236. The summed E-state index contributed by atoms with van der Waals surface area (Å²) in [5, 5.41) is 0. The first kappa shape index (κ1) is 33.7. The summed E-state index contributed by atoms with van der Waals surface area (Å²) in [4.78, 5) is 2.52. The molecule has 0 aromatic heterocycles. The summed E-state index contributed by atoms with van der Waals surface area (Å²) in [6, 6.07) is 63.8. The maximum absolute atomic E-state index is 2.52. The van der Waals surface area contributed by atoms with Crippen LogP contribution in [0, 0.1) is 17.8 Å². The summed E-state index contributed by atoms with van der Waals surface area (Å²) in [6.07, 6.45) is 8.68. The molecule has 4 fully saturated rings. The van der Waals surface area contributed by atoms with Crippen LogP contribution < -0.4 is 4.90 Å². The normalized spacial score (nSPS) is 22.4. The van der Waals surface area contributed by atoms with E-state index < -0.39 is 0 Å². The van der Waals surface area contributed by atoms with Crippen molar-refractivity contribution >= 4 is 17.1 Å². The molecule has 0 unspecified atom stereocenters. The van der Waals surface area contributed by atoms with Gasteiger partial charge < -0.3 is 4.90 Å². The summed E-state index contributed by atoms with van der Waals surface area (Å²) in [5.74, 6) is 2.87. The van der Waals surface area contributed by atoms with Gasteiger partial charge in [0.25, 0.3) is 0 Å². The average molecular weight is 724 g/mol. The van der Waals surface area contributed by atoms with Crippen LogP contribution in [0.5, 0.6) is 0 Å². The van der Waals surface area contributed by atoms with Gasteiger partial charge in [-0.25, -0.2) is 0 Å². The van der Waals surface area contributed by atoms with Gasteiger partial charge >= 0.3 is 0 Å². The van der Waals surface area contributed by atoms with Crippen molar-refractivity contribution in [3.63, 3.8) is 0 Å². The van der Waals surface area contributed by atoms with E-state index in [1.54, 1.807) is 5.56 Å². The van der Waals surface area contributed by atoms with Crippen molar-refractivity contribution in [2.45, 2.75) is 63.2 Å². The molecular weight excluding hydrogens is 675 g/mol. The molecule has 5 aliphatic carbocycles. The van der Waals surface area contributed by atoms with Gasteiger partial charge in [0.15, 0.2) is 0 Å². The van der Waals surface area contributed by atoms with Crippen molar-refractivity contribution in [3.8, 4) is 44.5 Å². The van der Waals surface area contributed by atoms with E-state index in [-0.39, 0.29) is 5.41 Å². The quantitative estimate of drug-likeness (QED) is 0.158. The monoisotopic (exact) mass is 723 g/mol. The highest BCUT2D eigenvalue weighted by atomic mass is 15.1. The van der Waals surface area contributed by atoms with Crippen LogP contribution >= 0.6 is 0 Å². The molecule has 0 aliphatic heterocycles. The highest BCUT2D eigenvalue weighted by molar-refractivity contribution is 5.98. The molecule has 274 valence electrons. The van der Waals surface area contributed by atoms with Crippen molar-refractivity contribution in [1.82, 2.24) is 0 Å². The fourth-order valence-electron chi connectivity index (χ4n) is 12.0. The maximum atomic E-state index is 2.52. The number of fused-ring (bicyclic) bond motifs is 3. The standard InChI is InChI=1S/C55H49N/c1-54(2)49-17-10-9-16-47(49)53-50(54)18-11-19-52(53)56(51-29-24-44(40-12-5-3-6-13-40)33-48(51)43-14-7-4-8-15-43)46-27-22-42(23-28-46)41-20-25-45(26-21-41)55-34-37-30-38(35-55)32-39(31-37)36-55/h3-29,33,37-39H,30-32,34-36H2,1-2H3. The first-order valence-corrected chi connectivity index (χ1v) is 20.9. The minimum Gasteiger partial charge on any atom is -0.309 e. The molecular formula is C55H49N. The lowest BCUT2D eigenvalue weighted by Crippen LogP contribution is -2.48. The van der Waals surface area contributed by atoms with E-state index in [1.165, 1.54) is 106 Å². The Morgan fingerprint density at radius 1 is 0.429 bits per heavy atom. The molecule has 1 nitrogen and oxygen atoms in total. The lowest BCUT2D eigenvalue weighted by Gasteiger charge is -2.57.